The van der Waals surface area contributed by atoms with Gasteiger partial charge in [-0.2, -0.15) is 9.61 Å². The highest BCUT2D eigenvalue weighted by Gasteiger charge is 2.24. The van der Waals surface area contributed by atoms with Crippen molar-refractivity contribution < 1.29 is 4.79 Å². The van der Waals surface area contributed by atoms with Gasteiger partial charge in [0.05, 0.1) is 17.3 Å². The normalized spacial score (nSPS) is 17.1. The summed E-state index contributed by atoms with van der Waals surface area (Å²) in [5, 5.41) is 16.4. The number of amides is 1. The molecular formula is C22H26N8OS. The van der Waals surface area contributed by atoms with Crippen molar-refractivity contribution in [3.8, 4) is 11.4 Å². The Balaban J connectivity index is 1.68. The van der Waals surface area contributed by atoms with Crippen LogP contribution in [0, 0.1) is 0 Å². The van der Waals surface area contributed by atoms with E-state index in [-0.39, 0.29) is 18.0 Å². The summed E-state index contributed by atoms with van der Waals surface area (Å²) < 4.78 is 3.60. The molecule has 1 fully saturated rings. The van der Waals surface area contributed by atoms with E-state index in [0.29, 0.717) is 24.0 Å². The molecule has 10 heteroatoms. The van der Waals surface area contributed by atoms with Gasteiger partial charge in [-0.25, -0.2) is 9.97 Å². The number of rotatable bonds is 5. The highest BCUT2D eigenvalue weighted by Crippen LogP contribution is 2.30. The summed E-state index contributed by atoms with van der Waals surface area (Å²) in [5.41, 5.74) is 2.39. The summed E-state index contributed by atoms with van der Waals surface area (Å²) in [5.74, 6) is 1.09. The van der Waals surface area contributed by atoms with E-state index in [1.165, 1.54) is 0 Å². The highest BCUT2D eigenvalue weighted by molar-refractivity contribution is 7.98. The van der Waals surface area contributed by atoms with E-state index in [2.05, 4.69) is 29.6 Å². The molecule has 5 rings (SSSR count). The Morgan fingerprint density at radius 2 is 2.12 bits per heavy atom. The predicted octanol–water partition coefficient (Wildman–Crippen LogP) is 3.52. The van der Waals surface area contributed by atoms with Crippen LogP contribution < -0.4 is 10.6 Å². The standard InChI is InChI=1S/C22H26N8OS/c1-13(2)29-12-14(11-24-29)19-27-20-15-7-6-9-17(32-3)18(15)26-22(30(20)28-19)25-16-8-4-5-10-23-21(16)31/h6-7,9,11-13,16H,4-5,8,10H2,1-3H3,(H,23,31)(H,25,26)/t16-/m1/s1. The van der Waals surface area contributed by atoms with Crippen molar-refractivity contribution in [1.29, 1.82) is 0 Å². The van der Waals surface area contributed by atoms with Gasteiger partial charge in [-0.15, -0.1) is 16.9 Å². The summed E-state index contributed by atoms with van der Waals surface area (Å²) in [4.78, 5) is 23.4. The summed E-state index contributed by atoms with van der Waals surface area (Å²) in [6.45, 7) is 4.87. The zero-order valence-electron chi connectivity index (χ0n) is 18.4. The molecule has 9 nitrogen and oxygen atoms in total. The number of benzene rings is 1. The highest BCUT2D eigenvalue weighted by atomic mass is 32.2. The van der Waals surface area contributed by atoms with Gasteiger partial charge in [-0.1, -0.05) is 6.07 Å². The number of carbonyl (C=O) groups excluding carboxylic acids is 1. The first kappa shape index (κ1) is 20.7. The molecule has 0 spiro atoms. The molecule has 4 aromatic rings. The number of hydrogen-bond acceptors (Lipinski definition) is 7. The molecule has 0 aliphatic carbocycles. The predicted molar refractivity (Wildman–Crippen MR) is 126 cm³/mol. The second kappa shape index (κ2) is 8.42. The van der Waals surface area contributed by atoms with Gasteiger partial charge in [0.15, 0.2) is 11.5 Å². The third-order valence-electron chi connectivity index (χ3n) is 5.71. The molecule has 1 atom stereocenters. The molecule has 1 saturated heterocycles. The minimum atomic E-state index is -0.358. The van der Waals surface area contributed by atoms with Gasteiger partial charge in [0.2, 0.25) is 11.9 Å². The van der Waals surface area contributed by atoms with Crippen molar-refractivity contribution in [3.63, 3.8) is 0 Å². The molecule has 32 heavy (non-hydrogen) atoms. The largest absolute Gasteiger partial charge is 0.354 e. The van der Waals surface area contributed by atoms with Gasteiger partial charge in [0.25, 0.3) is 0 Å². The molecule has 166 valence electrons. The van der Waals surface area contributed by atoms with Crippen LogP contribution >= 0.6 is 11.8 Å². The minimum absolute atomic E-state index is 0.00533. The van der Waals surface area contributed by atoms with Gasteiger partial charge in [-0.05, 0) is 51.5 Å². The molecule has 3 aromatic heterocycles. The van der Waals surface area contributed by atoms with Crippen molar-refractivity contribution in [2.24, 2.45) is 0 Å². The number of aromatic nitrogens is 6. The molecule has 4 heterocycles. The number of thioether (sulfide) groups is 1. The van der Waals surface area contributed by atoms with Gasteiger partial charge in [-0.3, -0.25) is 9.48 Å². The van der Waals surface area contributed by atoms with Crippen molar-refractivity contribution in [2.75, 3.05) is 18.1 Å². The van der Waals surface area contributed by atoms with Crippen LogP contribution in [0.5, 0.6) is 0 Å². The maximum Gasteiger partial charge on any atom is 0.242 e. The molecule has 0 bridgehead atoms. The van der Waals surface area contributed by atoms with E-state index < -0.39 is 0 Å². The first-order valence-electron chi connectivity index (χ1n) is 10.9. The number of para-hydroxylation sites is 1. The van der Waals surface area contributed by atoms with Gasteiger partial charge < -0.3 is 10.6 Å². The van der Waals surface area contributed by atoms with Crippen molar-refractivity contribution in [2.45, 2.75) is 50.1 Å². The Labute approximate surface area is 190 Å². The zero-order chi connectivity index (χ0) is 22.2. The Hall–Kier alpha value is -3.14. The smallest absolute Gasteiger partial charge is 0.242 e. The molecule has 0 saturated carbocycles. The lowest BCUT2D eigenvalue weighted by atomic mass is 10.1. The number of hydrogen-bond donors (Lipinski definition) is 2. The lowest BCUT2D eigenvalue weighted by Gasteiger charge is -2.17. The third kappa shape index (κ3) is 3.68. The Morgan fingerprint density at radius 1 is 1.25 bits per heavy atom. The maximum absolute atomic E-state index is 12.6. The van der Waals surface area contributed by atoms with Crippen LogP contribution in [0.1, 0.15) is 39.2 Å². The lowest BCUT2D eigenvalue weighted by molar-refractivity contribution is -0.121. The monoisotopic (exact) mass is 450 g/mol. The van der Waals surface area contributed by atoms with E-state index in [4.69, 9.17) is 15.1 Å². The zero-order valence-corrected chi connectivity index (χ0v) is 19.2. The maximum atomic E-state index is 12.6. The molecule has 2 N–H and O–H groups in total. The van der Waals surface area contributed by atoms with E-state index in [0.717, 1.165) is 40.6 Å². The molecular weight excluding hydrogens is 424 g/mol. The van der Waals surface area contributed by atoms with E-state index >= 15 is 0 Å². The summed E-state index contributed by atoms with van der Waals surface area (Å²) >= 11 is 1.63. The van der Waals surface area contributed by atoms with E-state index in [1.54, 1.807) is 22.5 Å². The van der Waals surface area contributed by atoms with Gasteiger partial charge >= 0.3 is 0 Å². The fourth-order valence-electron chi connectivity index (χ4n) is 3.95. The lowest BCUT2D eigenvalue weighted by Crippen LogP contribution is -2.38. The molecule has 1 aliphatic rings. The topological polar surface area (TPSA) is 102 Å². The molecule has 1 aromatic carbocycles. The van der Waals surface area contributed by atoms with Crippen molar-refractivity contribution in [3.05, 3.63) is 30.6 Å². The van der Waals surface area contributed by atoms with E-state index in [1.807, 2.05) is 35.3 Å². The molecule has 0 radical (unpaired) electrons. The van der Waals surface area contributed by atoms with Crippen LogP contribution in [-0.4, -0.2) is 54.1 Å². The average molecular weight is 451 g/mol. The fraction of sp³-hybridized carbons (Fsp3) is 0.409. The first-order valence-corrected chi connectivity index (χ1v) is 12.1. The number of carbonyl (C=O) groups is 1. The molecule has 1 amide bonds. The summed E-state index contributed by atoms with van der Waals surface area (Å²) in [6, 6.07) is 5.95. The quantitative estimate of drug-likeness (QED) is 0.449. The number of nitrogens with zero attached hydrogens (tertiary/aromatic N) is 6. The van der Waals surface area contributed by atoms with Crippen molar-refractivity contribution in [1.82, 2.24) is 34.7 Å². The van der Waals surface area contributed by atoms with Crippen LogP contribution in [0.4, 0.5) is 5.95 Å². The Bertz CT molecular complexity index is 1290. The first-order chi connectivity index (χ1) is 15.5. The van der Waals surface area contributed by atoms with Crippen LogP contribution in [0.3, 0.4) is 0 Å². The number of anilines is 1. The minimum Gasteiger partial charge on any atom is -0.354 e. The Morgan fingerprint density at radius 3 is 2.91 bits per heavy atom. The van der Waals surface area contributed by atoms with Crippen LogP contribution in [0.15, 0.2) is 35.5 Å². The van der Waals surface area contributed by atoms with Crippen LogP contribution in [0.25, 0.3) is 27.9 Å². The fourth-order valence-corrected chi connectivity index (χ4v) is 4.52. The van der Waals surface area contributed by atoms with Crippen LogP contribution in [-0.2, 0) is 4.79 Å². The second-order valence-electron chi connectivity index (χ2n) is 8.25. The SMILES string of the molecule is CSc1cccc2c1nc(N[C@@H]1CCCCNC1=O)n1nc(-c3cnn(C(C)C)c3)nc21. The average Bonchev–Trinajstić information content (AvgIpc) is 3.41. The number of nitrogens with one attached hydrogen (secondary N) is 2. The second-order valence-corrected chi connectivity index (χ2v) is 9.10. The van der Waals surface area contributed by atoms with Gasteiger partial charge in [0.1, 0.15) is 6.04 Å². The molecule has 1 aliphatic heterocycles. The number of fused-ring (bicyclic) bond motifs is 3. The van der Waals surface area contributed by atoms with Crippen molar-refractivity contribution >= 4 is 40.2 Å². The van der Waals surface area contributed by atoms with Gasteiger partial charge in [0, 0.05) is 29.1 Å². The molecule has 0 unspecified atom stereocenters. The van der Waals surface area contributed by atoms with Crippen LogP contribution in [0.2, 0.25) is 0 Å². The Kier molecular flexibility index (Phi) is 5.46. The summed E-state index contributed by atoms with van der Waals surface area (Å²) in [7, 11) is 0. The third-order valence-corrected chi connectivity index (χ3v) is 6.48. The van der Waals surface area contributed by atoms with E-state index in [9.17, 15) is 4.79 Å². The summed E-state index contributed by atoms with van der Waals surface area (Å²) in [6.07, 6.45) is 8.47.